The van der Waals surface area contributed by atoms with E-state index in [2.05, 4.69) is 63.0 Å². The molecule has 1 heterocycles. The van der Waals surface area contributed by atoms with E-state index in [1.54, 1.807) is 0 Å². The minimum atomic E-state index is 0.623. The van der Waals surface area contributed by atoms with Gasteiger partial charge in [0.2, 0.25) is 0 Å². The van der Waals surface area contributed by atoms with Crippen LogP contribution in [0.5, 0.6) is 0 Å². The predicted octanol–water partition coefficient (Wildman–Crippen LogP) is 4.98. The summed E-state index contributed by atoms with van der Waals surface area (Å²) < 4.78 is 1.21. The molecule has 1 atom stereocenters. The molecular weight excluding hydrogens is 330 g/mol. The summed E-state index contributed by atoms with van der Waals surface area (Å²) in [5.74, 6) is 0.623. The van der Waals surface area contributed by atoms with Gasteiger partial charge in [-0.1, -0.05) is 30.3 Å². The molecule has 3 heteroatoms. The van der Waals surface area contributed by atoms with Crippen LogP contribution < -0.4 is 5.32 Å². The van der Waals surface area contributed by atoms with Gasteiger partial charge in [0.1, 0.15) is 0 Å². The Bertz CT molecular complexity index is 533. The van der Waals surface area contributed by atoms with Crippen LogP contribution in [0.2, 0.25) is 0 Å². The van der Waals surface area contributed by atoms with Crippen molar-refractivity contribution >= 4 is 27.3 Å². The quantitative estimate of drug-likeness (QED) is 0.743. The van der Waals surface area contributed by atoms with Gasteiger partial charge in [0.25, 0.3) is 0 Å². The summed E-state index contributed by atoms with van der Waals surface area (Å²) in [4.78, 5) is 1.48. The van der Waals surface area contributed by atoms with E-state index in [0.717, 1.165) is 12.6 Å². The first-order valence-electron chi connectivity index (χ1n) is 7.32. The van der Waals surface area contributed by atoms with Crippen LogP contribution in [0.3, 0.4) is 0 Å². The molecule has 0 bridgehead atoms. The minimum Gasteiger partial charge on any atom is -0.313 e. The maximum absolute atomic E-state index is 3.69. The Balaban J connectivity index is 1.61. The van der Waals surface area contributed by atoms with Crippen LogP contribution >= 0.6 is 27.3 Å². The maximum atomic E-state index is 3.69. The molecule has 1 aromatic heterocycles. The molecule has 1 aromatic carbocycles. The Morgan fingerprint density at radius 3 is 2.70 bits per heavy atom. The first-order chi connectivity index (χ1) is 9.81. The molecule has 0 saturated heterocycles. The molecule has 0 aliphatic heterocycles. The summed E-state index contributed by atoms with van der Waals surface area (Å²) in [5.41, 5.74) is 1.47. The van der Waals surface area contributed by atoms with Gasteiger partial charge < -0.3 is 5.32 Å². The topological polar surface area (TPSA) is 12.0 Å². The van der Waals surface area contributed by atoms with E-state index in [-0.39, 0.29) is 0 Å². The van der Waals surface area contributed by atoms with Crippen LogP contribution in [0, 0.1) is 0 Å². The average Bonchev–Trinajstić information content (AvgIpc) is 3.21. The largest absolute Gasteiger partial charge is 0.313 e. The Hall–Kier alpha value is -0.640. The molecular formula is C17H20BrNS. The van der Waals surface area contributed by atoms with Crippen molar-refractivity contribution in [3.05, 3.63) is 56.7 Å². The summed E-state index contributed by atoms with van der Waals surface area (Å²) in [5, 5.41) is 5.87. The molecule has 1 saturated carbocycles. The number of hydrogen-bond acceptors (Lipinski definition) is 2. The molecule has 0 spiro atoms. The van der Waals surface area contributed by atoms with Crippen LogP contribution in [-0.4, -0.2) is 12.6 Å². The second-order valence-corrected chi connectivity index (χ2v) is 7.47. The standard InChI is InChI=1S/C17H20BrNS/c18-15-10-17(20-12-15)9-6-14(11-19-16-7-8-16)13-4-2-1-3-5-13/h1-5,10,12,14,16,19H,6-9,11H2. The van der Waals surface area contributed by atoms with Crippen LogP contribution in [0.25, 0.3) is 0 Å². The van der Waals surface area contributed by atoms with E-state index >= 15 is 0 Å². The third kappa shape index (κ3) is 4.18. The molecule has 1 aliphatic rings. The first-order valence-corrected chi connectivity index (χ1v) is 9.00. The number of benzene rings is 1. The van der Waals surface area contributed by atoms with E-state index in [0.29, 0.717) is 5.92 Å². The summed E-state index contributed by atoms with van der Waals surface area (Å²) in [7, 11) is 0. The highest BCUT2D eigenvalue weighted by Gasteiger charge is 2.22. The molecule has 0 amide bonds. The molecule has 2 aromatic rings. The van der Waals surface area contributed by atoms with Crippen molar-refractivity contribution < 1.29 is 0 Å². The van der Waals surface area contributed by atoms with Gasteiger partial charge in [-0.25, -0.2) is 0 Å². The summed E-state index contributed by atoms with van der Waals surface area (Å²) >= 11 is 5.40. The van der Waals surface area contributed by atoms with E-state index < -0.39 is 0 Å². The molecule has 0 radical (unpaired) electrons. The van der Waals surface area contributed by atoms with E-state index in [4.69, 9.17) is 0 Å². The van der Waals surface area contributed by atoms with Gasteiger partial charge in [0.15, 0.2) is 0 Å². The number of rotatable bonds is 7. The molecule has 20 heavy (non-hydrogen) atoms. The van der Waals surface area contributed by atoms with E-state index in [9.17, 15) is 0 Å². The Morgan fingerprint density at radius 1 is 1.25 bits per heavy atom. The highest BCUT2D eigenvalue weighted by Crippen LogP contribution is 2.27. The van der Waals surface area contributed by atoms with Gasteiger partial charge in [0.05, 0.1) is 0 Å². The molecule has 1 aliphatic carbocycles. The van der Waals surface area contributed by atoms with Crippen molar-refractivity contribution in [1.29, 1.82) is 0 Å². The number of nitrogens with one attached hydrogen (secondary N) is 1. The minimum absolute atomic E-state index is 0.623. The monoisotopic (exact) mass is 349 g/mol. The van der Waals surface area contributed by atoms with E-state index in [1.807, 2.05) is 11.3 Å². The average molecular weight is 350 g/mol. The van der Waals surface area contributed by atoms with Gasteiger partial charge in [0, 0.05) is 27.3 Å². The Kier molecular flexibility index (Phi) is 4.92. The lowest BCUT2D eigenvalue weighted by molar-refractivity contribution is 0.549. The van der Waals surface area contributed by atoms with Crippen molar-refractivity contribution in [3.8, 4) is 0 Å². The number of thiophene rings is 1. The van der Waals surface area contributed by atoms with Crippen LogP contribution in [0.15, 0.2) is 46.3 Å². The van der Waals surface area contributed by atoms with Crippen LogP contribution in [-0.2, 0) is 6.42 Å². The molecule has 3 rings (SSSR count). The molecule has 106 valence electrons. The normalized spacial score (nSPS) is 16.2. The second kappa shape index (κ2) is 6.88. The van der Waals surface area contributed by atoms with Gasteiger partial charge in [-0.2, -0.15) is 0 Å². The van der Waals surface area contributed by atoms with Gasteiger partial charge in [-0.05, 0) is 59.2 Å². The van der Waals surface area contributed by atoms with Gasteiger partial charge in [-0.3, -0.25) is 0 Å². The highest BCUT2D eigenvalue weighted by molar-refractivity contribution is 9.10. The lowest BCUT2D eigenvalue weighted by Crippen LogP contribution is -2.23. The zero-order valence-electron chi connectivity index (χ0n) is 11.5. The lowest BCUT2D eigenvalue weighted by Gasteiger charge is -2.18. The second-order valence-electron chi connectivity index (χ2n) is 5.56. The summed E-state index contributed by atoms with van der Waals surface area (Å²) in [6.45, 7) is 1.11. The van der Waals surface area contributed by atoms with E-state index in [1.165, 1.54) is 40.6 Å². The molecule has 1 fully saturated rings. The number of halogens is 1. The first kappa shape index (κ1) is 14.3. The van der Waals surface area contributed by atoms with Crippen molar-refractivity contribution in [3.63, 3.8) is 0 Å². The van der Waals surface area contributed by atoms with Crippen molar-refractivity contribution in [2.75, 3.05) is 6.54 Å². The molecule has 1 nitrogen and oxygen atoms in total. The lowest BCUT2D eigenvalue weighted by atomic mass is 9.94. The number of hydrogen-bond donors (Lipinski definition) is 1. The SMILES string of the molecule is Brc1csc(CCC(CNC2CC2)c2ccccc2)c1. The Morgan fingerprint density at radius 2 is 2.05 bits per heavy atom. The smallest absolute Gasteiger partial charge is 0.0285 e. The fraction of sp³-hybridized carbons (Fsp3) is 0.412. The zero-order chi connectivity index (χ0) is 13.8. The van der Waals surface area contributed by atoms with Gasteiger partial charge >= 0.3 is 0 Å². The summed E-state index contributed by atoms with van der Waals surface area (Å²) in [6.07, 6.45) is 5.11. The summed E-state index contributed by atoms with van der Waals surface area (Å²) in [6, 6.07) is 14.0. The van der Waals surface area contributed by atoms with Crippen LogP contribution in [0.1, 0.15) is 35.6 Å². The molecule has 1 N–H and O–H groups in total. The third-order valence-electron chi connectivity index (χ3n) is 3.86. The fourth-order valence-electron chi connectivity index (χ4n) is 2.51. The highest BCUT2D eigenvalue weighted by atomic mass is 79.9. The molecule has 1 unspecified atom stereocenters. The number of aryl methyl sites for hydroxylation is 1. The predicted molar refractivity (Wildman–Crippen MR) is 90.5 cm³/mol. The van der Waals surface area contributed by atoms with Crippen molar-refractivity contribution in [2.45, 2.75) is 37.6 Å². The fourth-order valence-corrected chi connectivity index (χ4v) is 3.98. The van der Waals surface area contributed by atoms with Crippen molar-refractivity contribution in [1.82, 2.24) is 5.32 Å². The Labute approximate surface area is 133 Å². The van der Waals surface area contributed by atoms with Gasteiger partial charge in [-0.15, -0.1) is 11.3 Å². The third-order valence-corrected chi connectivity index (χ3v) is 5.62. The zero-order valence-corrected chi connectivity index (χ0v) is 13.9. The maximum Gasteiger partial charge on any atom is 0.0285 e. The van der Waals surface area contributed by atoms with Crippen molar-refractivity contribution in [2.24, 2.45) is 0 Å². The van der Waals surface area contributed by atoms with Crippen LogP contribution in [0.4, 0.5) is 0 Å².